The summed E-state index contributed by atoms with van der Waals surface area (Å²) in [5.41, 5.74) is 0.712. The zero-order valence-electron chi connectivity index (χ0n) is 17.6. The molecule has 0 amide bonds. The third kappa shape index (κ3) is 5.82. The average Bonchev–Trinajstić information content (AvgIpc) is 2.84. The van der Waals surface area contributed by atoms with Gasteiger partial charge < -0.3 is 44.8 Å². The van der Waals surface area contributed by atoms with Crippen LogP contribution in [0.2, 0.25) is 0 Å². The van der Waals surface area contributed by atoms with Gasteiger partial charge in [0.05, 0.1) is 12.7 Å². The molecule has 0 saturated carbocycles. The molecule has 2 aromatic rings. The number of hydrogen-bond donors (Lipinski definition) is 6. The lowest BCUT2D eigenvalue weighted by Crippen LogP contribution is -2.61. The number of esters is 1. The summed E-state index contributed by atoms with van der Waals surface area (Å²) in [5.74, 6) is -1.43. The summed E-state index contributed by atoms with van der Waals surface area (Å²) in [6.07, 6.45) is -6.38. The molecule has 1 saturated heterocycles. The number of carbonyl (C=O) groups is 1. The summed E-state index contributed by atoms with van der Waals surface area (Å²) in [5, 5.41) is 67.6. The van der Waals surface area contributed by atoms with Crippen molar-refractivity contribution in [3.8, 4) is 23.3 Å². The first-order valence-electron chi connectivity index (χ1n) is 10.1. The molecule has 0 radical (unpaired) electrons. The van der Waals surface area contributed by atoms with Gasteiger partial charge in [-0.15, -0.1) is 0 Å². The molecule has 1 heterocycles. The Balaban J connectivity index is 1.64. The Hall–Kier alpha value is -3.66. The number of aromatic hydroxyl groups is 2. The standard InChI is InChI=1S/C23H23NO10/c24-10-17(28)13-3-5-14(6-4-13)32-23-21(31)20(30)22(18(11-25)33-23)34-19(29)8-2-12-1-7-15(26)16(27)9-12/h1-9,17-18,20-23,25-28,30-31H,11H2/b8-2+/t17?,18-,20-,21-,22-,23-/m1/s1. The minimum atomic E-state index is -1.66. The van der Waals surface area contributed by atoms with Crippen LogP contribution in [-0.4, -0.2) is 73.9 Å². The lowest BCUT2D eigenvalue weighted by Gasteiger charge is -2.41. The molecule has 0 bridgehead atoms. The highest BCUT2D eigenvalue weighted by Crippen LogP contribution is 2.28. The second kappa shape index (κ2) is 11.0. The van der Waals surface area contributed by atoms with Crippen molar-refractivity contribution < 1.29 is 49.6 Å². The van der Waals surface area contributed by atoms with Gasteiger partial charge in [0, 0.05) is 6.08 Å². The molecular formula is C23H23NO10. The van der Waals surface area contributed by atoms with Crippen LogP contribution < -0.4 is 4.74 Å². The van der Waals surface area contributed by atoms with E-state index in [0.717, 1.165) is 6.08 Å². The van der Waals surface area contributed by atoms with Crippen LogP contribution in [0.4, 0.5) is 0 Å². The molecule has 2 aromatic carbocycles. The number of rotatable bonds is 7. The Morgan fingerprint density at radius 1 is 1.12 bits per heavy atom. The van der Waals surface area contributed by atoms with E-state index in [-0.39, 0.29) is 17.2 Å². The molecule has 0 aliphatic carbocycles. The van der Waals surface area contributed by atoms with Gasteiger partial charge in [-0.05, 0) is 41.5 Å². The summed E-state index contributed by atoms with van der Waals surface area (Å²) >= 11 is 0. The van der Waals surface area contributed by atoms with Crippen molar-refractivity contribution in [1.29, 1.82) is 5.26 Å². The molecule has 0 spiro atoms. The predicted molar refractivity (Wildman–Crippen MR) is 114 cm³/mol. The second-order valence-corrected chi connectivity index (χ2v) is 7.41. The van der Waals surface area contributed by atoms with Crippen LogP contribution in [0.15, 0.2) is 48.5 Å². The molecule has 11 heteroatoms. The lowest BCUT2D eigenvalue weighted by atomic mass is 9.99. The first kappa shape index (κ1) is 25.0. The maximum atomic E-state index is 12.2. The third-order valence-corrected chi connectivity index (χ3v) is 5.05. The lowest BCUT2D eigenvalue weighted by molar-refractivity contribution is -0.280. The minimum Gasteiger partial charge on any atom is -0.504 e. The number of nitrogens with zero attached hydrogens (tertiary/aromatic N) is 1. The number of hydrogen-bond acceptors (Lipinski definition) is 11. The van der Waals surface area contributed by atoms with Crippen molar-refractivity contribution in [1.82, 2.24) is 0 Å². The van der Waals surface area contributed by atoms with E-state index in [1.54, 1.807) is 6.07 Å². The Morgan fingerprint density at radius 2 is 1.82 bits per heavy atom. The van der Waals surface area contributed by atoms with Crippen LogP contribution in [0, 0.1) is 11.3 Å². The van der Waals surface area contributed by atoms with Crippen LogP contribution in [0.25, 0.3) is 6.08 Å². The van der Waals surface area contributed by atoms with Crippen LogP contribution >= 0.6 is 0 Å². The topological polar surface area (TPSA) is 190 Å². The molecule has 34 heavy (non-hydrogen) atoms. The van der Waals surface area contributed by atoms with Gasteiger partial charge in [-0.1, -0.05) is 18.2 Å². The van der Waals surface area contributed by atoms with Crippen molar-refractivity contribution in [2.24, 2.45) is 0 Å². The molecule has 3 rings (SSSR count). The highest BCUT2D eigenvalue weighted by molar-refractivity contribution is 5.87. The zero-order chi connectivity index (χ0) is 24.8. The molecule has 1 aliphatic heterocycles. The van der Waals surface area contributed by atoms with Crippen LogP contribution in [-0.2, 0) is 14.3 Å². The molecular weight excluding hydrogens is 450 g/mol. The number of nitriles is 1. The number of aliphatic hydroxyl groups excluding tert-OH is 4. The fourth-order valence-electron chi connectivity index (χ4n) is 3.21. The smallest absolute Gasteiger partial charge is 0.331 e. The molecule has 6 N–H and O–H groups in total. The predicted octanol–water partition coefficient (Wildman–Crippen LogP) is 0.0978. The summed E-state index contributed by atoms with van der Waals surface area (Å²) in [6, 6.07) is 11.3. The number of aliphatic hydroxyl groups is 4. The van der Waals surface area contributed by atoms with Gasteiger partial charge in [-0.3, -0.25) is 0 Å². The molecule has 0 aromatic heterocycles. The normalized spacial score (nSPS) is 25.4. The number of ether oxygens (including phenoxy) is 3. The summed E-state index contributed by atoms with van der Waals surface area (Å²) in [7, 11) is 0. The monoisotopic (exact) mass is 473 g/mol. The first-order chi connectivity index (χ1) is 16.2. The Bertz CT molecular complexity index is 1060. The minimum absolute atomic E-state index is 0.192. The van der Waals surface area contributed by atoms with E-state index in [4.69, 9.17) is 19.5 Å². The van der Waals surface area contributed by atoms with E-state index >= 15 is 0 Å². The second-order valence-electron chi connectivity index (χ2n) is 7.41. The number of phenolic OH excluding ortho intramolecular Hbond substituents is 2. The Morgan fingerprint density at radius 3 is 2.44 bits per heavy atom. The van der Waals surface area contributed by atoms with E-state index in [9.17, 15) is 35.4 Å². The molecule has 6 atom stereocenters. The van der Waals surface area contributed by atoms with Crippen LogP contribution in [0.3, 0.4) is 0 Å². The van der Waals surface area contributed by atoms with Gasteiger partial charge in [0.2, 0.25) is 6.29 Å². The molecule has 11 nitrogen and oxygen atoms in total. The summed E-state index contributed by atoms with van der Waals surface area (Å²) in [6.45, 7) is -0.662. The quantitative estimate of drug-likeness (QED) is 0.138. The molecule has 1 aliphatic rings. The van der Waals surface area contributed by atoms with Crippen molar-refractivity contribution in [3.63, 3.8) is 0 Å². The van der Waals surface area contributed by atoms with Crippen LogP contribution in [0.1, 0.15) is 17.2 Å². The number of carbonyl (C=O) groups excluding carboxylic acids is 1. The van der Waals surface area contributed by atoms with Crippen molar-refractivity contribution in [3.05, 3.63) is 59.7 Å². The first-order valence-corrected chi connectivity index (χ1v) is 10.1. The Kier molecular flexibility index (Phi) is 8.06. The van der Waals surface area contributed by atoms with Gasteiger partial charge in [0.1, 0.15) is 24.1 Å². The highest BCUT2D eigenvalue weighted by atomic mass is 16.7. The molecule has 180 valence electrons. The fraction of sp³-hybridized carbons (Fsp3) is 0.304. The third-order valence-electron chi connectivity index (χ3n) is 5.05. The van der Waals surface area contributed by atoms with E-state index in [0.29, 0.717) is 11.1 Å². The summed E-state index contributed by atoms with van der Waals surface area (Å²) in [4.78, 5) is 12.2. The van der Waals surface area contributed by atoms with Gasteiger partial charge in [0.15, 0.2) is 23.7 Å². The summed E-state index contributed by atoms with van der Waals surface area (Å²) < 4.78 is 16.2. The maximum absolute atomic E-state index is 12.2. The van der Waals surface area contributed by atoms with Crippen LogP contribution in [0.5, 0.6) is 17.2 Å². The molecule has 1 unspecified atom stereocenters. The SMILES string of the molecule is N#CC(O)c1ccc(O[C@@H]2O[C@H](CO)[C@@H](OC(=O)/C=C/c3ccc(O)c(O)c3)[C@H](O)[C@H]2O)cc1. The Labute approximate surface area is 193 Å². The van der Waals surface area contributed by atoms with E-state index in [1.807, 2.05) is 0 Å². The number of benzene rings is 2. The van der Waals surface area contributed by atoms with E-state index in [2.05, 4.69) is 0 Å². The highest BCUT2D eigenvalue weighted by Gasteiger charge is 2.47. The van der Waals surface area contributed by atoms with E-state index < -0.39 is 49.4 Å². The van der Waals surface area contributed by atoms with Crippen molar-refractivity contribution >= 4 is 12.0 Å². The fourth-order valence-corrected chi connectivity index (χ4v) is 3.21. The van der Waals surface area contributed by atoms with Crippen molar-refractivity contribution in [2.45, 2.75) is 36.8 Å². The molecule has 1 fully saturated rings. The van der Waals surface area contributed by atoms with Gasteiger partial charge in [-0.25, -0.2) is 4.79 Å². The largest absolute Gasteiger partial charge is 0.504 e. The van der Waals surface area contributed by atoms with E-state index in [1.165, 1.54) is 48.5 Å². The van der Waals surface area contributed by atoms with Gasteiger partial charge in [-0.2, -0.15) is 5.26 Å². The maximum Gasteiger partial charge on any atom is 0.331 e. The van der Waals surface area contributed by atoms with Crippen molar-refractivity contribution in [2.75, 3.05) is 6.61 Å². The van der Waals surface area contributed by atoms with Gasteiger partial charge >= 0.3 is 5.97 Å². The zero-order valence-corrected chi connectivity index (χ0v) is 17.6. The average molecular weight is 473 g/mol. The number of phenols is 2. The van der Waals surface area contributed by atoms with Gasteiger partial charge in [0.25, 0.3) is 0 Å².